The van der Waals surface area contributed by atoms with Gasteiger partial charge in [-0.15, -0.1) is 0 Å². The Hall–Kier alpha value is -1.12. The molecule has 0 aromatic carbocycles. The lowest BCUT2D eigenvalue weighted by atomic mass is 10.1. The van der Waals surface area contributed by atoms with E-state index in [-0.39, 0.29) is 0 Å². The minimum Gasteiger partial charge on any atom is -0.382 e. The molecular formula is C7H11N3. The largest absolute Gasteiger partial charge is 0.382 e. The monoisotopic (exact) mass is 137 g/mol. The minimum atomic E-state index is 0.424. The molecule has 1 aromatic rings. The van der Waals surface area contributed by atoms with E-state index in [4.69, 9.17) is 5.73 Å². The van der Waals surface area contributed by atoms with Gasteiger partial charge in [0, 0.05) is 0 Å². The summed E-state index contributed by atoms with van der Waals surface area (Å²) in [5, 5.41) is 0. The van der Waals surface area contributed by atoms with Crippen molar-refractivity contribution in [3.05, 3.63) is 18.1 Å². The Kier molecular flexibility index (Phi) is 1.85. The topological polar surface area (TPSA) is 51.8 Å². The summed E-state index contributed by atoms with van der Waals surface area (Å²) in [5.41, 5.74) is 6.33. The van der Waals surface area contributed by atoms with Gasteiger partial charge in [-0.1, -0.05) is 13.8 Å². The molecule has 54 valence electrons. The first-order valence-electron chi connectivity index (χ1n) is 3.27. The van der Waals surface area contributed by atoms with E-state index < -0.39 is 0 Å². The van der Waals surface area contributed by atoms with Crippen molar-refractivity contribution in [3.63, 3.8) is 0 Å². The first-order valence-corrected chi connectivity index (χ1v) is 3.27. The second-order valence-electron chi connectivity index (χ2n) is 2.52. The fourth-order valence-corrected chi connectivity index (χ4v) is 0.646. The van der Waals surface area contributed by atoms with Gasteiger partial charge in [-0.05, 0) is 5.92 Å². The van der Waals surface area contributed by atoms with Gasteiger partial charge in [0.2, 0.25) is 0 Å². The predicted octanol–water partition coefficient (Wildman–Crippen LogP) is 1.18. The molecule has 0 aliphatic rings. The maximum Gasteiger partial charge on any atom is 0.141 e. The molecule has 0 bridgehead atoms. The van der Waals surface area contributed by atoms with E-state index in [1.807, 2.05) is 0 Å². The summed E-state index contributed by atoms with van der Waals surface area (Å²) in [5.74, 6) is 0.900. The standard InChI is InChI=1S/C7H11N3/c1-5(2)6-3-10-7(8)4-9-6/h3-5H,1-2H3,(H2,8,10). The zero-order valence-electron chi connectivity index (χ0n) is 6.20. The van der Waals surface area contributed by atoms with Gasteiger partial charge in [0.15, 0.2) is 0 Å². The molecule has 0 fully saturated rings. The smallest absolute Gasteiger partial charge is 0.141 e. The van der Waals surface area contributed by atoms with Crippen molar-refractivity contribution in [2.24, 2.45) is 0 Å². The van der Waals surface area contributed by atoms with Crippen LogP contribution in [0.25, 0.3) is 0 Å². The summed E-state index contributed by atoms with van der Waals surface area (Å²) >= 11 is 0. The second-order valence-corrected chi connectivity index (χ2v) is 2.52. The molecule has 2 N–H and O–H groups in total. The second kappa shape index (κ2) is 2.64. The molecule has 0 atom stereocenters. The highest BCUT2D eigenvalue weighted by Gasteiger charge is 1.98. The van der Waals surface area contributed by atoms with E-state index in [1.165, 1.54) is 0 Å². The van der Waals surface area contributed by atoms with Crippen LogP contribution < -0.4 is 5.73 Å². The first kappa shape index (κ1) is 6.99. The van der Waals surface area contributed by atoms with E-state index in [2.05, 4.69) is 23.8 Å². The van der Waals surface area contributed by atoms with E-state index >= 15 is 0 Å². The summed E-state index contributed by atoms with van der Waals surface area (Å²) in [6.45, 7) is 4.14. The highest BCUT2D eigenvalue weighted by Crippen LogP contribution is 2.08. The highest BCUT2D eigenvalue weighted by molar-refractivity contribution is 5.23. The van der Waals surface area contributed by atoms with Crippen LogP contribution in [-0.4, -0.2) is 9.97 Å². The van der Waals surface area contributed by atoms with Crippen molar-refractivity contribution in [1.29, 1.82) is 0 Å². The molecule has 10 heavy (non-hydrogen) atoms. The van der Waals surface area contributed by atoms with Crippen LogP contribution in [0, 0.1) is 0 Å². The lowest BCUT2D eigenvalue weighted by Crippen LogP contribution is -1.96. The molecule has 0 spiro atoms. The molecule has 0 aliphatic carbocycles. The molecule has 0 radical (unpaired) electrons. The Morgan fingerprint density at radius 3 is 2.40 bits per heavy atom. The molecule has 3 heteroatoms. The molecule has 0 aliphatic heterocycles. The summed E-state index contributed by atoms with van der Waals surface area (Å²) in [6, 6.07) is 0. The maximum atomic E-state index is 5.35. The van der Waals surface area contributed by atoms with Crippen molar-refractivity contribution in [1.82, 2.24) is 9.97 Å². The van der Waals surface area contributed by atoms with Crippen molar-refractivity contribution >= 4 is 5.82 Å². The van der Waals surface area contributed by atoms with E-state index in [9.17, 15) is 0 Å². The predicted molar refractivity (Wildman–Crippen MR) is 40.5 cm³/mol. The quantitative estimate of drug-likeness (QED) is 0.632. The summed E-state index contributed by atoms with van der Waals surface area (Å²) in [4.78, 5) is 8.01. The van der Waals surface area contributed by atoms with E-state index in [0.717, 1.165) is 5.69 Å². The number of hydrogen-bond donors (Lipinski definition) is 1. The third kappa shape index (κ3) is 1.43. The average molecular weight is 137 g/mol. The number of anilines is 1. The van der Waals surface area contributed by atoms with Crippen LogP contribution in [-0.2, 0) is 0 Å². The van der Waals surface area contributed by atoms with Crippen LogP contribution in [0.5, 0.6) is 0 Å². The molecule has 0 amide bonds. The lowest BCUT2D eigenvalue weighted by molar-refractivity contribution is 0.813. The average Bonchev–Trinajstić information content (AvgIpc) is 1.88. The van der Waals surface area contributed by atoms with Crippen molar-refractivity contribution in [2.45, 2.75) is 19.8 Å². The maximum absolute atomic E-state index is 5.35. The van der Waals surface area contributed by atoms with Crippen LogP contribution >= 0.6 is 0 Å². The Balaban J connectivity index is 2.89. The number of rotatable bonds is 1. The molecule has 0 saturated heterocycles. The van der Waals surface area contributed by atoms with Crippen LogP contribution in [0.1, 0.15) is 25.5 Å². The van der Waals surface area contributed by atoms with Crippen LogP contribution in [0.4, 0.5) is 5.82 Å². The number of nitrogens with zero attached hydrogens (tertiary/aromatic N) is 2. The van der Waals surface area contributed by atoms with Crippen LogP contribution in [0.2, 0.25) is 0 Å². The number of nitrogen functional groups attached to an aromatic ring is 1. The molecule has 1 aromatic heterocycles. The van der Waals surface area contributed by atoms with Gasteiger partial charge < -0.3 is 5.73 Å². The molecule has 1 rings (SSSR count). The van der Waals surface area contributed by atoms with Crippen molar-refractivity contribution in [2.75, 3.05) is 5.73 Å². The fraction of sp³-hybridized carbons (Fsp3) is 0.429. The third-order valence-corrected chi connectivity index (χ3v) is 1.28. The number of hydrogen-bond acceptors (Lipinski definition) is 3. The first-order chi connectivity index (χ1) is 4.70. The molecule has 0 saturated carbocycles. The zero-order valence-corrected chi connectivity index (χ0v) is 6.20. The highest BCUT2D eigenvalue weighted by atomic mass is 14.9. The molecule has 3 nitrogen and oxygen atoms in total. The zero-order chi connectivity index (χ0) is 7.56. The third-order valence-electron chi connectivity index (χ3n) is 1.28. The summed E-state index contributed by atoms with van der Waals surface area (Å²) in [6.07, 6.45) is 3.29. The normalized spacial score (nSPS) is 10.3. The fourth-order valence-electron chi connectivity index (χ4n) is 0.646. The SMILES string of the molecule is CC(C)c1cnc(N)cn1. The van der Waals surface area contributed by atoms with Gasteiger partial charge in [0.25, 0.3) is 0 Å². The van der Waals surface area contributed by atoms with Gasteiger partial charge in [-0.2, -0.15) is 0 Å². The van der Waals surface area contributed by atoms with Crippen molar-refractivity contribution < 1.29 is 0 Å². The van der Waals surface area contributed by atoms with Gasteiger partial charge in [0.05, 0.1) is 18.1 Å². The Morgan fingerprint density at radius 2 is 2.00 bits per heavy atom. The number of nitrogens with two attached hydrogens (primary N) is 1. The molecule has 1 heterocycles. The number of aromatic nitrogens is 2. The van der Waals surface area contributed by atoms with Gasteiger partial charge in [-0.25, -0.2) is 4.98 Å². The molecule has 0 unspecified atom stereocenters. The summed E-state index contributed by atoms with van der Waals surface area (Å²) in [7, 11) is 0. The van der Waals surface area contributed by atoms with E-state index in [0.29, 0.717) is 11.7 Å². The van der Waals surface area contributed by atoms with Gasteiger partial charge in [0.1, 0.15) is 5.82 Å². The van der Waals surface area contributed by atoms with Crippen LogP contribution in [0.15, 0.2) is 12.4 Å². The Bertz CT molecular complexity index is 203. The summed E-state index contributed by atoms with van der Waals surface area (Å²) < 4.78 is 0. The Labute approximate surface area is 60.3 Å². The van der Waals surface area contributed by atoms with E-state index in [1.54, 1.807) is 12.4 Å². The van der Waals surface area contributed by atoms with Gasteiger partial charge in [-0.3, -0.25) is 4.98 Å². The minimum absolute atomic E-state index is 0.424. The molecular weight excluding hydrogens is 126 g/mol. The Morgan fingerprint density at radius 1 is 1.30 bits per heavy atom. The lowest BCUT2D eigenvalue weighted by Gasteiger charge is -2.01. The van der Waals surface area contributed by atoms with Gasteiger partial charge >= 0.3 is 0 Å². The van der Waals surface area contributed by atoms with Crippen LogP contribution in [0.3, 0.4) is 0 Å². The van der Waals surface area contributed by atoms with Crippen molar-refractivity contribution in [3.8, 4) is 0 Å².